The number of halogens is 5. The quantitative estimate of drug-likeness (QED) is 0.361. The first-order valence-electron chi connectivity index (χ1n) is 11.2. The molecular weight excluding hydrogens is 533 g/mol. The van der Waals surface area contributed by atoms with E-state index in [4.69, 9.17) is 9.52 Å². The lowest BCUT2D eigenvalue weighted by molar-refractivity contribution is -0.142. The Kier molecular flexibility index (Phi) is 6.89. The van der Waals surface area contributed by atoms with E-state index in [0.717, 1.165) is 25.8 Å². The Hall–Kier alpha value is -3.68. The molecule has 2 N–H and O–H groups in total. The number of nitrogens with zero attached hydrogens (tertiary/aromatic N) is 3. The molecule has 1 unspecified atom stereocenters. The van der Waals surface area contributed by atoms with Crippen LogP contribution in [0.25, 0.3) is 0 Å². The molecule has 1 aliphatic carbocycles. The molecule has 1 atom stereocenters. The van der Waals surface area contributed by atoms with Crippen molar-refractivity contribution in [2.75, 3.05) is 11.6 Å². The van der Waals surface area contributed by atoms with Gasteiger partial charge in [0.25, 0.3) is 17.7 Å². The highest BCUT2D eigenvalue weighted by Gasteiger charge is 2.40. The van der Waals surface area contributed by atoms with Crippen molar-refractivity contribution in [3.63, 3.8) is 0 Å². The van der Waals surface area contributed by atoms with E-state index in [9.17, 15) is 31.0 Å². The Balaban J connectivity index is 1.76. The lowest BCUT2D eigenvalue weighted by Gasteiger charge is -2.38. The number of carbonyl (C=O) groups excluding carboxylic acids is 1. The maximum absolute atomic E-state index is 14.9. The zero-order chi connectivity index (χ0) is 28.0. The molecule has 1 amide bonds. The Morgan fingerprint density at radius 2 is 1.84 bits per heavy atom. The van der Waals surface area contributed by atoms with Crippen LogP contribution >= 0.6 is 0 Å². The first-order chi connectivity index (χ1) is 17.6. The second-order valence-electron chi connectivity index (χ2n) is 9.30. The number of alkyl halides is 3. The summed E-state index contributed by atoms with van der Waals surface area (Å²) in [5.41, 5.74) is -3.46. The van der Waals surface area contributed by atoms with Crippen molar-refractivity contribution >= 4 is 21.3 Å². The molecule has 1 fully saturated rings. The van der Waals surface area contributed by atoms with Crippen LogP contribution in [0.3, 0.4) is 0 Å². The van der Waals surface area contributed by atoms with E-state index in [2.05, 4.69) is 20.5 Å². The van der Waals surface area contributed by atoms with Crippen LogP contribution in [0.15, 0.2) is 35.4 Å². The first-order valence-corrected chi connectivity index (χ1v) is 13.2. The van der Waals surface area contributed by atoms with Gasteiger partial charge in [0.15, 0.2) is 11.5 Å². The molecule has 0 spiro atoms. The summed E-state index contributed by atoms with van der Waals surface area (Å²) in [6.45, 7) is 2.71. The van der Waals surface area contributed by atoms with Crippen LogP contribution in [-0.4, -0.2) is 31.6 Å². The molecule has 1 aromatic carbocycles. The van der Waals surface area contributed by atoms with Gasteiger partial charge in [-0.05, 0) is 48.9 Å². The fourth-order valence-corrected chi connectivity index (χ4v) is 4.82. The van der Waals surface area contributed by atoms with Crippen molar-refractivity contribution in [2.24, 2.45) is 0 Å². The average Bonchev–Trinajstić information content (AvgIpc) is 2.79. The van der Waals surface area contributed by atoms with Gasteiger partial charge in [0.1, 0.15) is 5.56 Å². The third-order valence-electron chi connectivity index (χ3n) is 6.45. The molecule has 202 valence electrons. The summed E-state index contributed by atoms with van der Waals surface area (Å²) >= 11 is 0. The number of aromatic nitrogens is 3. The van der Waals surface area contributed by atoms with Gasteiger partial charge in [0, 0.05) is 28.6 Å². The average molecular weight is 556 g/mol. The molecule has 3 aromatic rings. The van der Waals surface area contributed by atoms with Crippen molar-refractivity contribution in [1.82, 2.24) is 15.2 Å². The maximum atomic E-state index is 14.9. The van der Waals surface area contributed by atoms with Gasteiger partial charge in [0.05, 0.1) is 9.73 Å². The highest BCUT2D eigenvalue weighted by molar-refractivity contribution is 7.91. The summed E-state index contributed by atoms with van der Waals surface area (Å²) in [7, 11) is -3.16. The third-order valence-corrected chi connectivity index (χ3v) is 7.60. The second-order valence-corrected chi connectivity index (χ2v) is 11.5. The number of hydrogen-bond acceptors (Lipinski definition) is 7. The number of hydrogen-bond donors (Lipinski definition) is 2. The van der Waals surface area contributed by atoms with Crippen molar-refractivity contribution in [3.05, 3.63) is 64.5 Å². The summed E-state index contributed by atoms with van der Waals surface area (Å²) in [5, 5.41) is 8.75. The lowest BCUT2D eigenvalue weighted by atomic mass is 9.66. The molecule has 0 saturated heterocycles. The van der Waals surface area contributed by atoms with Gasteiger partial charge in [-0.1, -0.05) is 19.4 Å². The standard InChI is InChI=1S/C24H22F5N5O3S/c1-12-16(20(35)32-13-6-4-7-14(10-13)38(3,30)36)21(34-33-19(12)24(27,28)29)37-22-18(26)17(25)15(11-31-22)23(2)8-5-9-23/h4,6-7,10-11,30H,5,8-9H2,1-3H3,(H,32,35). The largest absolute Gasteiger partial charge is 0.435 e. The monoisotopic (exact) mass is 555 g/mol. The zero-order valence-electron chi connectivity index (χ0n) is 20.4. The fraction of sp³-hybridized carbons (Fsp3) is 0.333. The molecule has 1 saturated carbocycles. The maximum Gasteiger partial charge on any atom is 0.435 e. The van der Waals surface area contributed by atoms with Crippen molar-refractivity contribution in [1.29, 1.82) is 4.78 Å². The molecule has 1 aliphatic rings. The number of rotatable bonds is 6. The Bertz CT molecular complexity index is 1540. The zero-order valence-corrected chi connectivity index (χ0v) is 21.2. The van der Waals surface area contributed by atoms with E-state index in [0.29, 0.717) is 12.8 Å². The molecule has 38 heavy (non-hydrogen) atoms. The molecule has 0 aliphatic heterocycles. The van der Waals surface area contributed by atoms with Crippen LogP contribution in [0.5, 0.6) is 11.8 Å². The number of ether oxygens (including phenoxy) is 1. The molecule has 4 rings (SSSR count). The number of amides is 1. The molecule has 0 bridgehead atoms. The predicted octanol–water partition coefficient (Wildman–Crippen LogP) is 6.00. The second kappa shape index (κ2) is 9.57. The number of pyridine rings is 1. The van der Waals surface area contributed by atoms with E-state index in [1.54, 1.807) is 6.92 Å². The SMILES string of the molecule is Cc1c(C(F)(F)F)nnc(Oc2ncc(C3(C)CCC3)c(F)c2F)c1C(=O)Nc1cccc(S(C)(=N)=O)c1. The van der Waals surface area contributed by atoms with E-state index < -0.39 is 67.4 Å². The third kappa shape index (κ3) is 5.17. The Morgan fingerprint density at radius 1 is 1.16 bits per heavy atom. The normalized spacial score (nSPS) is 16.3. The summed E-state index contributed by atoms with van der Waals surface area (Å²) in [6, 6.07) is 5.36. The lowest BCUT2D eigenvalue weighted by Crippen LogP contribution is -2.32. The van der Waals surface area contributed by atoms with Crippen LogP contribution in [0.4, 0.5) is 27.6 Å². The predicted molar refractivity (Wildman–Crippen MR) is 127 cm³/mol. The van der Waals surface area contributed by atoms with Crippen LogP contribution in [-0.2, 0) is 21.3 Å². The summed E-state index contributed by atoms with van der Waals surface area (Å²) in [6.07, 6.45) is -0.635. The van der Waals surface area contributed by atoms with Gasteiger partial charge < -0.3 is 10.1 Å². The fourth-order valence-electron chi connectivity index (χ4n) is 4.13. The number of carbonyl (C=O) groups is 1. The van der Waals surface area contributed by atoms with Gasteiger partial charge in [-0.25, -0.2) is 18.4 Å². The van der Waals surface area contributed by atoms with Crippen LogP contribution < -0.4 is 10.1 Å². The summed E-state index contributed by atoms with van der Waals surface area (Å²) in [4.78, 5) is 17.0. The Labute approximate surface area is 214 Å². The van der Waals surface area contributed by atoms with Gasteiger partial charge in [-0.15, -0.1) is 10.2 Å². The van der Waals surface area contributed by atoms with E-state index in [1.165, 1.54) is 24.3 Å². The van der Waals surface area contributed by atoms with Gasteiger partial charge in [-0.3, -0.25) is 4.79 Å². The summed E-state index contributed by atoms with van der Waals surface area (Å²) in [5.74, 6) is -5.62. The molecule has 0 radical (unpaired) electrons. The van der Waals surface area contributed by atoms with Gasteiger partial charge in [-0.2, -0.15) is 17.6 Å². The molecular formula is C24H22F5N5O3S. The molecule has 8 nitrogen and oxygen atoms in total. The van der Waals surface area contributed by atoms with Crippen molar-refractivity contribution in [3.8, 4) is 11.8 Å². The van der Waals surface area contributed by atoms with Gasteiger partial charge in [0.2, 0.25) is 5.82 Å². The molecule has 14 heteroatoms. The van der Waals surface area contributed by atoms with E-state index in [-0.39, 0.29) is 16.1 Å². The van der Waals surface area contributed by atoms with Crippen LogP contribution in [0.2, 0.25) is 0 Å². The minimum Gasteiger partial charge on any atom is -0.415 e. The van der Waals surface area contributed by atoms with E-state index in [1.807, 2.05) is 0 Å². The molecule has 2 aromatic heterocycles. The van der Waals surface area contributed by atoms with Crippen molar-refractivity contribution in [2.45, 2.75) is 49.6 Å². The minimum absolute atomic E-state index is 0.0125. The van der Waals surface area contributed by atoms with Crippen molar-refractivity contribution < 1.29 is 35.7 Å². The summed E-state index contributed by atoms with van der Waals surface area (Å²) < 4.78 is 95.3. The number of anilines is 1. The molecule has 2 heterocycles. The first kappa shape index (κ1) is 27.4. The topological polar surface area (TPSA) is 118 Å². The van der Waals surface area contributed by atoms with Gasteiger partial charge >= 0.3 is 6.18 Å². The smallest absolute Gasteiger partial charge is 0.415 e. The number of nitrogens with one attached hydrogen (secondary N) is 2. The highest BCUT2D eigenvalue weighted by Crippen LogP contribution is 2.45. The highest BCUT2D eigenvalue weighted by atomic mass is 32.2. The minimum atomic E-state index is -4.99. The Morgan fingerprint density at radius 3 is 2.42 bits per heavy atom. The number of benzene rings is 1. The van der Waals surface area contributed by atoms with Crippen LogP contribution in [0.1, 0.15) is 53.4 Å². The van der Waals surface area contributed by atoms with E-state index >= 15 is 0 Å². The van der Waals surface area contributed by atoms with Crippen LogP contribution in [0, 0.1) is 23.3 Å².